The molecule has 5 rings (SSSR count). The van der Waals surface area contributed by atoms with Crippen LogP contribution in [-0.4, -0.2) is 18.2 Å². The number of hydrogen-bond acceptors (Lipinski definition) is 4. The van der Waals surface area contributed by atoms with E-state index >= 15 is 0 Å². The lowest BCUT2D eigenvalue weighted by molar-refractivity contribution is 0.201. The van der Waals surface area contributed by atoms with Gasteiger partial charge in [0.15, 0.2) is 11.5 Å². The number of hydrogen-bond donors (Lipinski definition) is 0. The molecule has 162 valence electrons. The molecule has 0 amide bonds. The quantitative estimate of drug-likeness (QED) is 0.323. The molecular weight excluding hydrogens is 396 g/mol. The van der Waals surface area contributed by atoms with Crippen LogP contribution >= 0.6 is 0 Å². The van der Waals surface area contributed by atoms with Gasteiger partial charge >= 0.3 is 0 Å². The number of pyridine rings is 1. The van der Waals surface area contributed by atoms with Gasteiger partial charge in [0, 0.05) is 41.8 Å². The number of methoxy groups -OCH3 is 1. The summed E-state index contributed by atoms with van der Waals surface area (Å²) >= 11 is 0. The van der Waals surface area contributed by atoms with Crippen LogP contribution in [0.2, 0.25) is 0 Å². The van der Waals surface area contributed by atoms with Crippen molar-refractivity contribution in [2.75, 3.05) is 12.0 Å². The van der Waals surface area contributed by atoms with Gasteiger partial charge in [-0.05, 0) is 60.9 Å². The third kappa shape index (κ3) is 4.26. The maximum atomic E-state index is 6.40. The van der Waals surface area contributed by atoms with Gasteiger partial charge in [-0.15, -0.1) is 0 Å². The predicted molar refractivity (Wildman–Crippen MR) is 130 cm³/mol. The van der Waals surface area contributed by atoms with Gasteiger partial charge in [-0.2, -0.15) is 0 Å². The van der Waals surface area contributed by atoms with Crippen molar-refractivity contribution in [3.63, 3.8) is 0 Å². The molecule has 1 aromatic heterocycles. The van der Waals surface area contributed by atoms with E-state index in [1.807, 2.05) is 24.5 Å². The van der Waals surface area contributed by atoms with Gasteiger partial charge in [0.1, 0.15) is 0 Å². The second-order valence-corrected chi connectivity index (χ2v) is 8.31. The van der Waals surface area contributed by atoms with Crippen molar-refractivity contribution >= 4 is 22.1 Å². The summed E-state index contributed by atoms with van der Waals surface area (Å²) in [6, 6.07) is 25.3. The zero-order valence-corrected chi connectivity index (χ0v) is 18.4. The molecule has 0 aliphatic heterocycles. The van der Waals surface area contributed by atoms with Crippen molar-refractivity contribution in [3.05, 3.63) is 90.8 Å². The molecule has 1 saturated carbocycles. The number of anilines is 2. The first-order valence-corrected chi connectivity index (χ1v) is 11.3. The topological polar surface area (TPSA) is 34.6 Å². The van der Waals surface area contributed by atoms with Crippen LogP contribution in [0.1, 0.15) is 31.2 Å². The van der Waals surface area contributed by atoms with Gasteiger partial charge in [0.2, 0.25) is 0 Å². The number of ether oxygens (including phenoxy) is 2. The molecular formula is C28H28N2O2. The highest BCUT2D eigenvalue weighted by molar-refractivity contribution is 5.96. The van der Waals surface area contributed by atoms with Crippen LogP contribution in [0.15, 0.2) is 85.2 Å². The molecule has 0 N–H and O–H groups in total. The maximum absolute atomic E-state index is 6.40. The first kappa shape index (κ1) is 20.4. The van der Waals surface area contributed by atoms with E-state index in [0.29, 0.717) is 6.54 Å². The molecule has 0 unspecified atom stereocenters. The highest BCUT2D eigenvalue weighted by atomic mass is 16.5. The molecule has 0 bridgehead atoms. The van der Waals surface area contributed by atoms with Crippen molar-refractivity contribution in [1.29, 1.82) is 0 Å². The normalized spacial score (nSPS) is 13.9. The average molecular weight is 425 g/mol. The summed E-state index contributed by atoms with van der Waals surface area (Å²) in [7, 11) is 1.70. The molecule has 4 heteroatoms. The van der Waals surface area contributed by atoms with E-state index in [9.17, 15) is 0 Å². The Hall–Kier alpha value is -3.53. The van der Waals surface area contributed by atoms with E-state index in [1.54, 1.807) is 7.11 Å². The van der Waals surface area contributed by atoms with Crippen LogP contribution in [0.3, 0.4) is 0 Å². The Bertz CT molecular complexity index is 1180. The maximum Gasteiger partial charge on any atom is 0.163 e. The predicted octanol–water partition coefficient (Wildman–Crippen LogP) is 6.90. The number of fused-ring (bicyclic) bond motifs is 1. The molecule has 1 aliphatic carbocycles. The number of benzene rings is 3. The first-order valence-electron chi connectivity index (χ1n) is 11.3. The highest BCUT2D eigenvalue weighted by Crippen LogP contribution is 2.39. The van der Waals surface area contributed by atoms with E-state index in [2.05, 4.69) is 70.5 Å². The number of nitrogens with zero attached hydrogens (tertiary/aromatic N) is 2. The molecule has 32 heavy (non-hydrogen) atoms. The Balaban J connectivity index is 1.60. The van der Waals surface area contributed by atoms with Gasteiger partial charge in [0.25, 0.3) is 0 Å². The van der Waals surface area contributed by atoms with Gasteiger partial charge in [-0.25, -0.2) is 0 Å². The van der Waals surface area contributed by atoms with Gasteiger partial charge < -0.3 is 14.4 Å². The zero-order chi connectivity index (χ0) is 21.8. The van der Waals surface area contributed by atoms with Crippen molar-refractivity contribution < 1.29 is 9.47 Å². The Kier molecular flexibility index (Phi) is 5.93. The van der Waals surface area contributed by atoms with E-state index in [4.69, 9.17) is 9.47 Å². The fourth-order valence-electron chi connectivity index (χ4n) is 4.54. The Labute approximate surface area is 189 Å². The molecule has 4 aromatic rings. The second-order valence-electron chi connectivity index (χ2n) is 8.31. The van der Waals surface area contributed by atoms with E-state index in [0.717, 1.165) is 41.3 Å². The van der Waals surface area contributed by atoms with Crippen LogP contribution in [0.4, 0.5) is 11.4 Å². The van der Waals surface area contributed by atoms with Gasteiger partial charge in [-0.3, -0.25) is 4.98 Å². The third-order valence-electron chi connectivity index (χ3n) is 6.18. The van der Waals surface area contributed by atoms with Crippen LogP contribution < -0.4 is 14.4 Å². The minimum Gasteiger partial charge on any atom is -0.493 e. The fraction of sp³-hybridized carbons (Fsp3) is 0.250. The SMILES string of the molecule is COc1ccc(N(Cc2cccnc2)c2cccc3ccccc23)cc1OC1CCCC1. The van der Waals surface area contributed by atoms with E-state index in [-0.39, 0.29) is 6.10 Å². The van der Waals surface area contributed by atoms with Gasteiger partial charge in [-0.1, -0.05) is 42.5 Å². The monoisotopic (exact) mass is 424 g/mol. The summed E-state index contributed by atoms with van der Waals surface area (Å²) < 4.78 is 12.0. The Morgan fingerprint density at radius 1 is 0.906 bits per heavy atom. The fourth-order valence-corrected chi connectivity index (χ4v) is 4.54. The van der Waals surface area contributed by atoms with E-state index < -0.39 is 0 Å². The minimum atomic E-state index is 0.267. The van der Waals surface area contributed by atoms with Crippen molar-refractivity contribution in [2.24, 2.45) is 0 Å². The van der Waals surface area contributed by atoms with Crippen molar-refractivity contribution in [3.8, 4) is 11.5 Å². The summed E-state index contributed by atoms with van der Waals surface area (Å²) in [6.07, 6.45) is 8.69. The smallest absolute Gasteiger partial charge is 0.163 e. The highest BCUT2D eigenvalue weighted by Gasteiger charge is 2.21. The Morgan fingerprint density at radius 2 is 1.75 bits per heavy atom. The average Bonchev–Trinajstić information content (AvgIpc) is 3.36. The Morgan fingerprint density at radius 3 is 2.56 bits per heavy atom. The lowest BCUT2D eigenvalue weighted by Gasteiger charge is -2.28. The minimum absolute atomic E-state index is 0.267. The summed E-state index contributed by atoms with van der Waals surface area (Å²) in [5.41, 5.74) is 3.37. The largest absolute Gasteiger partial charge is 0.493 e. The second kappa shape index (κ2) is 9.31. The summed E-state index contributed by atoms with van der Waals surface area (Å²) in [6.45, 7) is 0.705. The molecule has 1 fully saturated rings. The zero-order valence-electron chi connectivity index (χ0n) is 18.4. The van der Waals surface area contributed by atoms with Crippen LogP contribution in [0, 0.1) is 0 Å². The summed E-state index contributed by atoms with van der Waals surface area (Å²) in [4.78, 5) is 6.66. The molecule has 0 spiro atoms. The van der Waals surface area contributed by atoms with Crippen LogP contribution in [-0.2, 0) is 6.54 Å². The lowest BCUT2D eigenvalue weighted by atomic mass is 10.1. The van der Waals surface area contributed by atoms with Crippen LogP contribution in [0.25, 0.3) is 10.8 Å². The lowest BCUT2D eigenvalue weighted by Crippen LogP contribution is -2.18. The molecule has 3 aromatic carbocycles. The number of aromatic nitrogens is 1. The van der Waals surface area contributed by atoms with Crippen molar-refractivity contribution in [1.82, 2.24) is 4.98 Å². The first-order chi connectivity index (χ1) is 15.8. The molecule has 0 atom stereocenters. The van der Waals surface area contributed by atoms with E-state index in [1.165, 1.54) is 23.6 Å². The van der Waals surface area contributed by atoms with Gasteiger partial charge in [0.05, 0.1) is 13.2 Å². The number of rotatable bonds is 7. The third-order valence-corrected chi connectivity index (χ3v) is 6.18. The molecule has 1 aliphatic rings. The summed E-state index contributed by atoms with van der Waals surface area (Å²) in [5.74, 6) is 1.59. The standard InChI is InChI=1S/C28H28N2O2/c1-31-27-16-15-23(18-28(27)32-24-11-3-4-12-24)30(20-21-8-7-17-29-19-21)26-14-6-10-22-9-2-5-13-25(22)26/h2,5-10,13-19,24H,3-4,11-12,20H2,1H3. The molecule has 1 heterocycles. The van der Waals surface area contributed by atoms with Crippen LogP contribution in [0.5, 0.6) is 11.5 Å². The molecule has 4 nitrogen and oxygen atoms in total. The molecule has 0 radical (unpaired) electrons. The van der Waals surface area contributed by atoms with Crippen molar-refractivity contribution in [2.45, 2.75) is 38.3 Å². The molecule has 0 saturated heterocycles. The summed E-state index contributed by atoms with van der Waals surface area (Å²) in [5, 5.41) is 2.44.